The Morgan fingerprint density at radius 2 is 2.50 bits per heavy atom. The third kappa shape index (κ3) is 2.97. The molecule has 0 aromatic carbocycles. The van der Waals surface area contributed by atoms with E-state index in [9.17, 15) is 0 Å². The first-order valence-corrected chi connectivity index (χ1v) is 6.73. The summed E-state index contributed by atoms with van der Waals surface area (Å²) in [7, 11) is 0. The fourth-order valence-corrected chi connectivity index (χ4v) is 2.45. The van der Waals surface area contributed by atoms with Crippen LogP contribution >= 0.6 is 12.2 Å². The molecule has 1 aliphatic heterocycles. The third-order valence-corrected chi connectivity index (χ3v) is 3.46. The Bertz CT molecular complexity index is 418. The standard InChI is InChI=1S/C13H19N3OS/c1-2-16(9-10-4-3-7-17-10)12-8-15-6-5-11(12)13(14)18/h5-6,8,10H,2-4,7,9H2,1H3,(H2,14,18). The van der Waals surface area contributed by atoms with Gasteiger partial charge in [0.25, 0.3) is 0 Å². The number of hydrogen-bond donors (Lipinski definition) is 1. The summed E-state index contributed by atoms with van der Waals surface area (Å²) in [6.45, 7) is 4.75. The van der Waals surface area contributed by atoms with E-state index in [1.807, 2.05) is 12.3 Å². The van der Waals surface area contributed by atoms with Gasteiger partial charge in [-0.3, -0.25) is 4.98 Å². The fourth-order valence-electron chi connectivity index (χ4n) is 2.28. The molecule has 1 unspecified atom stereocenters. The SMILES string of the molecule is CCN(CC1CCCO1)c1cnccc1C(N)=S. The first-order valence-electron chi connectivity index (χ1n) is 6.32. The van der Waals surface area contributed by atoms with Crippen LogP contribution in [0.3, 0.4) is 0 Å². The summed E-state index contributed by atoms with van der Waals surface area (Å²) in [5, 5.41) is 0. The van der Waals surface area contributed by atoms with Gasteiger partial charge in [0.05, 0.1) is 18.0 Å². The zero-order valence-electron chi connectivity index (χ0n) is 10.6. The Labute approximate surface area is 113 Å². The molecule has 1 aliphatic rings. The molecule has 18 heavy (non-hydrogen) atoms. The van der Waals surface area contributed by atoms with Crippen molar-refractivity contribution in [2.75, 3.05) is 24.6 Å². The van der Waals surface area contributed by atoms with Crippen molar-refractivity contribution in [3.8, 4) is 0 Å². The monoisotopic (exact) mass is 265 g/mol. The molecule has 2 rings (SSSR count). The highest BCUT2D eigenvalue weighted by atomic mass is 32.1. The zero-order valence-corrected chi connectivity index (χ0v) is 11.4. The Morgan fingerprint density at radius 1 is 1.67 bits per heavy atom. The van der Waals surface area contributed by atoms with E-state index in [4.69, 9.17) is 22.7 Å². The molecule has 1 fully saturated rings. The number of likely N-dealkylation sites (N-methyl/N-ethyl adjacent to an activating group) is 1. The van der Waals surface area contributed by atoms with Crippen LogP contribution < -0.4 is 10.6 Å². The molecule has 1 saturated heterocycles. The lowest BCUT2D eigenvalue weighted by atomic mass is 10.1. The van der Waals surface area contributed by atoms with Crippen LogP contribution in [0.25, 0.3) is 0 Å². The number of ether oxygens (including phenoxy) is 1. The molecule has 1 aromatic heterocycles. The lowest BCUT2D eigenvalue weighted by Crippen LogP contribution is -2.33. The van der Waals surface area contributed by atoms with Gasteiger partial charge in [-0.25, -0.2) is 0 Å². The second-order valence-electron chi connectivity index (χ2n) is 4.43. The van der Waals surface area contributed by atoms with Gasteiger partial charge >= 0.3 is 0 Å². The minimum absolute atomic E-state index is 0.310. The molecule has 0 radical (unpaired) electrons. The normalized spacial score (nSPS) is 18.8. The Balaban J connectivity index is 2.18. The van der Waals surface area contributed by atoms with Crippen molar-refractivity contribution in [2.45, 2.75) is 25.9 Å². The lowest BCUT2D eigenvalue weighted by Gasteiger charge is -2.27. The number of nitrogens with two attached hydrogens (primary N) is 1. The predicted octanol–water partition coefficient (Wildman–Crippen LogP) is 1.72. The van der Waals surface area contributed by atoms with Gasteiger partial charge in [0, 0.05) is 31.5 Å². The van der Waals surface area contributed by atoms with Crippen molar-refractivity contribution in [1.29, 1.82) is 0 Å². The molecule has 2 heterocycles. The number of hydrogen-bond acceptors (Lipinski definition) is 4. The average molecular weight is 265 g/mol. The van der Waals surface area contributed by atoms with Crippen LogP contribution in [0.15, 0.2) is 18.5 Å². The van der Waals surface area contributed by atoms with E-state index < -0.39 is 0 Å². The van der Waals surface area contributed by atoms with E-state index in [1.165, 1.54) is 0 Å². The first-order chi connectivity index (χ1) is 8.72. The van der Waals surface area contributed by atoms with Crippen LogP contribution in [0, 0.1) is 0 Å². The van der Waals surface area contributed by atoms with Gasteiger partial charge in [-0.05, 0) is 25.8 Å². The highest BCUT2D eigenvalue weighted by Gasteiger charge is 2.20. The highest BCUT2D eigenvalue weighted by Crippen LogP contribution is 2.22. The molecule has 1 aromatic rings. The summed E-state index contributed by atoms with van der Waals surface area (Å²) in [5.74, 6) is 0. The molecule has 4 nitrogen and oxygen atoms in total. The van der Waals surface area contributed by atoms with Crippen molar-refractivity contribution in [2.24, 2.45) is 5.73 Å². The molecule has 0 saturated carbocycles. The summed E-state index contributed by atoms with van der Waals surface area (Å²) >= 11 is 5.09. The van der Waals surface area contributed by atoms with E-state index in [2.05, 4.69) is 16.8 Å². The average Bonchev–Trinajstić information content (AvgIpc) is 2.88. The van der Waals surface area contributed by atoms with E-state index in [0.717, 1.165) is 43.8 Å². The highest BCUT2D eigenvalue weighted by molar-refractivity contribution is 7.80. The molecule has 0 aliphatic carbocycles. The maximum absolute atomic E-state index is 5.76. The molecule has 0 bridgehead atoms. The Kier molecular flexibility index (Phi) is 4.49. The number of pyridine rings is 1. The van der Waals surface area contributed by atoms with E-state index >= 15 is 0 Å². The minimum Gasteiger partial charge on any atom is -0.389 e. The first kappa shape index (κ1) is 13.2. The van der Waals surface area contributed by atoms with Crippen molar-refractivity contribution in [3.05, 3.63) is 24.0 Å². The van der Waals surface area contributed by atoms with Crippen molar-refractivity contribution < 1.29 is 4.74 Å². The molecular weight excluding hydrogens is 246 g/mol. The van der Waals surface area contributed by atoms with Gasteiger partial charge < -0.3 is 15.4 Å². The van der Waals surface area contributed by atoms with Gasteiger partial charge in [-0.1, -0.05) is 12.2 Å². The smallest absolute Gasteiger partial charge is 0.106 e. The molecule has 5 heteroatoms. The quantitative estimate of drug-likeness (QED) is 0.822. The van der Waals surface area contributed by atoms with Gasteiger partial charge in [0.15, 0.2) is 0 Å². The molecule has 0 amide bonds. The number of rotatable bonds is 5. The van der Waals surface area contributed by atoms with Crippen LogP contribution in [0.5, 0.6) is 0 Å². The molecular formula is C13H19N3OS. The van der Waals surface area contributed by atoms with Crippen LogP contribution in [-0.4, -0.2) is 35.8 Å². The van der Waals surface area contributed by atoms with Gasteiger partial charge in [0.1, 0.15) is 4.99 Å². The second kappa shape index (κ2) is 6.11. The van der Waals surface area contributed by atoms with Crippen molar-refractivity contribution in [1.82, 2.24) is 4.98 Å². The fraction of sp³-hybridized carbons (Fsp3) is 0.538. The number of aromatic nitrogens is 1. The molecule has 98 valence electrons. The van der Waals surface area contributed by atoms with E-state index in [0.29, 0.717) is 11.1 Å². The Hall–Kier alpha value is -1.20. The van der Waals surface area contributed by atoms with Crippen molar-refractivity contribution in [3.63, 3.8) is 0 Å². The zero-order chi connectivity index (χ0) is 13.0. The Morgan fingerprint density at radius 3 is 3.11 bits per heavy atom. The van der Waals surface area contributed by atoms with Crippen molar-refractivity contribution >= 4 is 22.9 Å². The summed E-state index contributed by atoms with van der Waals surface area (Å²) in [4.78, 5) is 6.82. The molecule has 2 N–H and O–H groups in total. The topological polar surface area (TPSA) is 51.4 Å². The largest absolute Gasteiger partial charge is 0.389 e. The molecule has 1 atom stereocenters. The summed E-state index contributed by atoms with van der Waals surface area (Å²) in [6, 6.07) is 1.87. The van der Waals surface area contributed by atoms with Gasteiger partial charge in [0.2, 0.25) is 0 Å². The van der Waals surface area contributed by atoms with Gasteiger partial charge in [-0.15, -0.1) is 0 Å². The molecule has 0 spiro atoms. The lowest BCUT2D eigenvalue weighted by molar-refractivity contribution is 0.115. The second-order valence-corrected chi connectivity index (χ2v) is 4.87. The predicted molar refractivity (Wildman–Crippen MR) is 77.0 cm³/mol. The van der Waals surface area contributed by atoms with E-state index in [-0.39, 0.29) is 0 Å². The minimum atomic E-state index is 0.310. The van der Waals surface area contributed by atoms with Crippen LogP contribution in [0.4, 0.5) is 5.69 Å². The summed E-state index contributed by atoms with van der Waals surface area (Å²) in [5.41, 5.74) is 7.65. The third-order valence-electron chi connectivity index (χ3n) is 3.24. The summed E-state index contributed by atoms with van der Waals surface area (Å²) in [6.07, 6.45) is 6.13. The maximum atomic E-state index is 5.76. The van der Waals surface area contributed by atoms with Crippen LogP contribution in [-0.2, 0) is 4.74 Å². The number of nitrogens with zero attached hydrogens (tertiary/aromatic N) is 2. The number of anilines is 1. The number of thiocarbonyl (C=S) groups is 1. The van der Waals surface area contributed by atoms with Crippen LogP contribution in [0.1, 0.15) is 25.3 Å². The van der Waals surface area contributed by atoms with E-state index in [1.54, 1.807) is 6.20 Å². The summed E-state index contributed by atoms with van der Waals surface area (Å²) < 4.78 is 5.68. The van der Waals surface area contributed by atoms with Crippen LogP contribution in [0.2, 0.25) is 0 Å². The van der Waals surface area contributed by atoms with Gasteiger partial charge in [-0.2, -0.15) is 0 Å². The maximum Gasteiger partial charge on any atom is 0.106 e.